The molecule has 0 aliphatic carbocycles. The number of hydrogen-bond donors (Lipinski definition) is 2. The summed E-state index contributed by atoms with van der Waals surface area (Å²) in [6.45, 7) is 3.11. The van der Waals surface area contributed by atoms with Crippen LogP contribution in [0.1, 0.15) is 19.9 Å². The second-order valence-corrected chi connectivity index (χ2v) is 5.73. The lowest BCUT2D eigenvalue weighted by atomic mass is 10.2. The van der Waals surface area contributed by atoms with Gasteiger partial charge in [-0.25, -0.2) is 9.59 Å². The van der Waals surface area contributed by atoms with Crippen molar-refractivity contribution in [1.29, 1.82) is 0 Å². The maximum Gasteiger partial charge on any atom is 0.331 e. The monoisotopic (exact) mass is 360 g/mol. The molecule has 0 amide bonds. The van der Waals surface area contributed by atoms with Gasteiger partial charge in [0.1, 0.15) is 5.25 Å². The van der Waals surface area contributed by atoms with Crippen LogP contribution in [0.25, 0.3) is 0 Å². The summed E-state index contributed by atoms with van der Waals surface area (Å²) in [6, 6.07) is -0.267. The largest absolute Gasteiger partial charge is 0.465 e. The van der Waals surface area contributed by atoms with Crippen LogP contribution in [0.5, 0.6) is 0 Å². The first-order valence-corrected chi connectivity index (χ1v) is 8.38. The molecular weight excluding hydrogens is 340 g/mol. The Kier molecular flexibility index (Phi) is 8.27. The second kappa shape index (κ2) is 9.93. The number of ether oxygens (including phenoxy) is 2. The molecule has 1 aromatic heterocycles. The van der Waals surface area contributed by atoms with Gasteiger partial charge >= 0.3 is 17.6 Å². The van der Waals surface area contributed by atoms with Crippen LogP contribution in [-0.2, 0) is 19.1 Å². The first-order valence-electron chi connectivity index (χ1n) is 7.33. The third-order valence-corrected chi connectivity index (χ3v) is 4.10. The summed E-state index contributed by atoms with van der Waals surface area (Å²) >= 11 is 0.963. The molecule has 0 bridgehead atoms. The Bertz CT molecular complexity index is 670. The lowest BCUT2D eigenvalue weighted by molar-refractivity contribution is -0.153. The van der Waals surface area contributed by atoms with Gasteiger partial charge in [0.25, 0.3) is 5.56 Å². The van der Waals surface area contributed by atoms with Crippen molar-refractivity contribution in [3.05, 3.63) is 33.1 Å². The first kappa shape index (κ1) is 20.0. The third-order valence-electron chi connectivity index (χ3n) is 2.87. The normalized spacial score (nSPS) is 13.1. The number of nitrogens with one attached hydrogen (secondary N) is 1. The fourth-order valence-corrected chi connectivity index (χ4v) is 2.94. The van der Waals surface area contributed by atoms with E-state index in [9.17, 15) is 19.2 Å². The number of hydrogen-bond acceptors (Lipinski definition) is 8. The predicted molar refractivity (Wildman–Crippen MR) is 87.0 cm³/mol. The van der Waals surface area contributed by atoms with Crippen LogP contribution in [0.2, 0.25) is 0 Å². The van der Waals surface area contributed by atoms with E-state index in [0.717, 1.165) is 28.6 Å². The SMILES string of the molecule is CCOC(=O)C(SCCO)C(C(=O)OCC)n1ccc(=O)[nH]c1=O. The highest BCUT2D eigenvalue weighted by atomic mass is 32.2. The highest BCUT2D eigenvalue weighted by Crippen LogP contribution is 2.26. The quantitative estimate of drug-likeness (QED) is 0.553. The average Bonchev–Trinajstić information content (AvgIpc) is 2.53. The van der Waals surface area contributed by atoms with Crippen molar-refractivity contribution in [1.82, 2.24) is 9.55 Å². The standard InChI is InChI=1S/C14H20N2O7S/c1-3-22-12(19)10(16-6-5-9(18)15-14(16)21)11(24-8-7-17)13(20)23-4-2/h5-6,10-11,17H,3-4,7-8H2,1-2H3,(H,15,18,21). The second-order valence-electron chi connectivity index (χ2n) is 4.48. The highest BCUT2D eigenvalue weighted by molar-refractivity contribution is 8.00. The smallest absolute Gasteiger partial charge is 0.331 e. The summed E-state index contributed by atoms with van der Waals surface area (Å²) in [5.74, 6) is -1.38. The van der Waals surface area contributed by atoms with E-state index < -0.39 is 34.5 Å². The molecule has 10 heteroatoms. The molecule has 0 saturated heterocycles. The molecule has 1 aromatic rings. The van der Waals surface area contributed by atoms with Crippen molar-refractivity contribution in [3.63, 3.8) is 0 Å². The summed E-state index contributed by atoms with van der Waals surface area (Å²) in [5, 5.41) is 7.90. The number of carbonyl (C=O) groups excluding carboxylic acids is 2. The van der Waals surface area contributed by atoms with Crippen LogP contribution in [0.4, 0.5) is 0 Å². The topological polar surface area (TPSA) is 128 Å². The summed E-state index contributed by atoms with van der Waals surface area (Å²) in [7, 11) is 0. The van der Waals surface area contributed by atoms with Gasteiger partial charge in [-0.2, -0.15) is 0 Å². The molecule has 2 atom stereocenters. The number of aliphatic hydroxyl groups is 1. The Morgan fingerprint density at radius 3 is 2.42 bits per heavy atom. The zero-order valence-corrected chi connectivity index (χ0v) is 14.2. The summed E-state index contributed by atoms with van der Waals surface area (Å²) in [4.78, 5) is 49.9. The van der Waals surface area contributed by atoms with Gasteiger partial charge in [-0.15, -0.1) is 11.8 Å². The van der Waals surface area contributed by atoms with E-state index >= 15 is 0 Å². The van der Waals surface area contributed by atoms with E-state index in [1.165, 1.54) is 0 Å². The Morgan fingerprint density at radius 1 is 1.25 bits per heavy atom. The number of rotatable bonds is 9. The predicted octanol–water partition coefficient (Wildman–Crippen LogP) is -0.702. The number of H-pyrrole nitrogens is 1. The lowest BCUT2D eigenvalue weighted by Gasteiger charge is -2.24. The Labute approximate surface area is 142 Å². The summed E-state index contributed by atoms with van der Waals surface area (Å²) in [6.07, 6.45) is 1.12. The van der Waals surface area contributed by atoms with Crippen molar-refractivity contribution < 1.29 is 24.2 Å². The minimum Gasteiger partial charge on any atom is -0.465 e. The van der Waals surface area contributed by atoms with Gasteiger partial charge in [0.05, 0.1) is 19.8 Å². The van der Waals surface area contributed by atoms with Gasteiger partial charge in [0.2, 0.25) is 0 Å². The van der Waals surface area contributed by atoms with Crippen molar-refractivity contribution in [2.45, 2.75) is 25.1 Å². The van der Waals surface area contributed by atoms with Crippen LogP contribution in [0.3, 0.4) is 0 Å². The fourth-order valence-electron chi connectivity index (χ4n) is 1.95. The highest BCUT2D eigenvalue weighted by Gasteiger charge is 2.38. The zero-order valence-electron chi connectivity index (χ0n) is 13.4. The summed E-state index contributed by atoms with van der Waals surface area (Å²) in [5.41, 5.74) is -1.48. The molecule has 0 aromatic carbocycles. The van der Waals surface area contributed by atoms with Crippen LogP contribution in [0, 0.1) is 0 Å². The maximum atomic E-state index is 12.3. The third kappa shape index (κ3) is 5.24. The fraction of sp³-hybridized carbons (Fsp3) is 0.571. The molecule has 134 valence electrons. The number of aromatic nitrogens is 2. The van der Waals surface area contributed by atoms with Gasteiger partial charge < -0.3 is 14.6 Å². The van der Waals surface area contributed by atoms with Gasteiger partial charge in [0.15, 0.2) is 6.04 Å². The van der Waals surface area contributed by atoms with E-state index in [1.807, 2.05) is 4.98 Å². The van der Waals surface area contributed by atoms with E-state index in [-0.39, 0.29) is 25.6 Å². The number of esters is 2. The lowest BCUT2D eigenvalue weighted by Crippen LogP contribution is -2.43. The molecule has 2 N–H and O–H groups in total. The van der Waals surface area contributed by atoms with Crippen LogP contribution < -0.4 is 11.2 Å². The average molecular weight is 360 g/mol. The molecule has 24 heavy (non-hydrogen) atoms. The van der Waals surface area contributed by atoms with Crippen molar-refractivity contribution in [2.75, 3.05) is 25.6 Å². The van der Waals surface area contributed by atoms with E-state index in [4.69, 9.17) is 14.6 Å². The maximum absolute atomic E-state index is 12.3. The Balaban J connectivity index is 3.35. The minimum atomic E-state index is -1.33. The molecular formula is C14H20N2O7S. The molecule has 2 unspecified atom stereocenters. The number of aromatic amines is 1. The molecule has 0 spiro atoms. The van der Waals surface area contributed by atoms with Crippen molar-refractivity contribution >= 4 is 23.7 Å². The van der Waals surface area contributed by atoms with Crippen LogP contribution >= 0.6 is 11.8 Å². The Morgan fingerprint density at radius 2 is 1.88 bits per heavy atom. The Hall–Kier alpha value is -2.07. The number of nitrogens with zero attached hydrogens (tertiary/aromatic N) is 1. The molecule has 0 aliphatic rings. The van der Waals surface area contributed by atoms with E-state index in [2.05, 4.69) is 0 Å². The number of aliphatic hydroxyl groups excluding tert-OH is 1. The molecule has 0 aliphatic heterocycles. The van der Waals surface area contributed by atoms with Gasteiger partial charge in [0, 0.05) is 18.0 Å². The van der Waals surface area contributed by atoms with Gasteiger partial charge in [-0.1, -0.05) is 0 Å². The molecule has 0 fully saturated rings. The molecule has 1 rings (SSSR count). The van der Waals surface area contributed by atoms with E-state index in [0.29, 0.717) is 0 Å². The molecule has 9 nitrogen and oxygen atoms in total. The zero-order chi connectivity index (χ0) is 18.1. The van der Waals surface area contributed by atoms with Gasteiger partial charge in [-0.3, -0.25) is 19.1 Å². The molecule has 0 radical (unpaired) electrons. The number of carbonyl (C=O) groups is 2. The van der Waals surface area contributed by atoms with Crippen molar-refractivity contribution in [3.8, 4) is 0 Å². The van der Waals surface area contributed by atoms with Gasteiger partial charge in [-0.05, 0) is 13.8 Å². The van der Waals surface area contributed by atoms with Crippen molar-refractivity contribution in [2.24, 2.45) is 0 Å². The van der Waals surface area contributed by atoms with E-state index in [1.54, 1.807) is 13.8 Å². The molecule has 1 heterocycles. The first-order chi connectivity index (χ1) is 11.5. The van der Waals surface area contributed by atoms with Crippen LogP contribution in [0.15, 0.2) is 21.9 Å². The summed E-state index contributed by atoms with van der Waals surface area (Å²) < 4.78 is 10.8. The number of thioether (sulfide) groups is 1. The minimum absolute atomic E-state index is 0.0493. The van der Waals surface area contributed by atoms with Crippen LogP contribution in [-0.4, -0.2) is 57.4 Å². The molecule has 0 saturated carbocycles.